The first kappa shape index (κ1) is 15.1. The van der Waals surface area contributed by atoms with E-state index < -0.39 is 17.6 Å². The molecule has 1 aliphatic heterocycles. The molecule has 0 unspecified atom stereocenters. The second kappa shape index (κ2) is 6.41. The van der Waals surface area contributed by atoms with E-state index in [1.165, 1.54) is 0 Å². The van der Waals surface area contributed by atoms with Crippen molar-refractivity contribution < 1.29 is 22.3 Å². The fraction of sp³-hybridized carbons (Fsp3) is 0.538. The van der Waals surface area contributed by atoms with Gasteiger partial charge in [0.05, 0.1) is 24.5 Å². The van der Waals surface area contributed by atoms with E-state index >= 15 is 0 Å². The van der Waals surface area contributed by atoms with Crippen LogP contribution in [0.3, 0.4) is 0 Å². The third kappa shape index (κ3) is 4.08. The Morgan fingerprint density at radius 1 is 1.20 bits per heavy atom. The molecule has 0 saturated carbocycles. The summed E-state index contributed by atoms with van der Waals surface area (Å²) in [4.78, 5) is 2.11. The van der Waals surface area contributed by atoms with Gasteiger partial charge in [0.1, 0.15) is 5.82 Å². The Bertz CT molecular complexity index is 444. The van der Waals surface area contributed by atoms with Crippen molar-refractivity contribution in [2.75, 3.05) is 44.7 Å². The lowest BCUT2D eigenvalue weighted by Crippen LogP contribution is -2.39. The summed E-state index contributed by atoms with van der Waals surface area (Å²) in [6.07, 6.45) is -4.46. The third-order valence-corrected chi connectivity index (χ3v) is 3.14. The van der Waals surface area contributed by atoms with Crippen LogP contribution in [0.1, 0.15) is 5.56 Å². The average Bonchev–Trinajstić information content (AvgIpc) is 2.41. The van der Waals surface area contributed by atoms with Crippen molar-refractivity contribution in [1.82, 2.24) is 4.90 Å². The van der Waals surface area contributed by atoms with Gasteiger partial charge in [0, 0.05) is 26.2 Å². The summed E-state index contributed by atoms with van der Waals surface area (Å²) in [5.74, 6) is -0.681. The Morgan fingerprint density at radius 3 is 2.55 bits per heavy atom. The number of benzene rings is 1. The Morgan fingerprint density at radius 2 is 1.90 bits per heavy atom. The predicted octanol–water partition coefficient (Wildman–Crippen LogP) is 2.59. The molecule has 0 amide bonds. The molecule has 0 radical (unpaired) electrons. The summed E-state index contributed by atoms with van der Waals surface area (Å²) < 4.78 is 56.3. The first-order valence-corrected chi connectivity index (χ1v) is 6.37. The first-order chi connectivity index (χ1) is 9.47. The Labute approximate surface area is 114 Å². The standard InChI is InChI=1S/C13H16F4N2O/c14-11-2-1-10(13(15,16)17)9-12(11)18-3-4-19-5-7-20-8-6-19/h1-2,9,18H,3-8H2. The van der Waals surface area contributed by atoms with Gasteiger partial charge in [-0.25, -0.2) is 4.39 Å². The molecule has 2 rings (SSSR count). The van der Waals surface area contributed by atoms with Crippen LogP contribution in [0.15, 0.2) is 18.2 Å². The summed E-state index contributed by atoms with van der Waals surface area (Å²) in [6, 6.07) is 2.37. The predicted molar refractivity (Wildman–Crippen MR) is 67.2 cm³/mol. The number of hydrogen-bond acceptors (Lipinski definition) is 3. The molecule has 0 bridgehead atoms. The Hall–Kier alpha value is -1.34. The number of nitrogens with zero attached hydrogens (tertiary/aromatic N) is 1. The number of ether oxygens (including phenoxy) is 1. The van der Waals surface area contributed by atoms with Gasteiger partial charge in [-0.3, -0.25) is 4.90 Å². The van der Waals surface area contributed by atoms with Crippen LogP contribution in [0.5, 0.6) is 0 Å². The van der Waals surface area contributed by atoms with Crippen LogP contribution in [0, 0.1) is 5.82 Å². The molecule has 0 spiro atoms. The molecule has 1 aromatic rings. The lowest BCUT2D eigenvalue weighted by molar-refractivity contribution is -0.137. The van der Waals surface area contributed by atoms with E-state index in [0.717, 1.165) is 31.3 Å². The van der Waals surface area contributed by atoms with Gasteiger partial charge in [0.25, 0.3) is 0 Å². The summed E-state index contributed by atoms with van der Waals surface area (Å²) in [7, 11) is 0. The number of morpholine rings is 1. The van der Waals surface area contributed by atoms with E-state index in [1.54, 1.807) is 0 Å². The molecule has 0 atom stereocenters. The molecule has 1 saturated heterocycles. The second-order valence-electron chi connectivity index (χ2n) is 4.57. The minimum absolute atomic E-state index is 0.118. The topological polar surface area (TPSA) is 24.5 Å². The molecule has 1 aliphatic rings. The number of rotatable bonds is 4. The van der Waals surface area contributed by atoms with Crippen molar-refractivity contribution in [3.05, 3.63) is 29.6 Å². The van der Waals surface area contributed by atoms with Crippen LogP contribution >= 0.6 is 0 Å². The minimum Gasteiger partial charge on any atom is -0.381 e. The quantitative estimate of drug-likeness (QED) is 0.863. The first-order valence-electron chi connectivity index (χ1n) is 6.37. The molecule has 1 heterocycles. The van der Waals surface area contributed by atoms with Crippen LogP contribution in [0.4, 0.5) is 23.2 Å². The molecule has 1 N–H and O–H groups in total. The van der Waals surface area contributed by atoms with E-state index in [0.29, 0.717) is 26.3 Å². The summed E-state index contributed by atoms with van der Waals surface area (Å²) >= 11 is 0. The van der Waals surface area contributed by atoms with Crippen molar-refractivity contribution in [3.63, 3.8) is 0 Å². The minimum atomic E-state index is -4.46. The molecule has 0 aliphatic carbocycles. The number of halogens is 4. The average molecular weight is 292 g/mol. The number of nitrogens with one attached hydrogen (secondary N) is 1. The molecule has 1 aromatic carbocycles. The van der Waals surface area contributed by atoms with Gasteiger partial charge >= 0.3 is 6.18 Å². The van der Waals surface area contributed by atoms with E-state index in [-0.39, 0.29) is 5.69 Å². The fourth-order valence-corrected chi connectivity index (χ4v) is 2.01. The van der Waals surface area contributed by atoms with Crippen LogP contribution in [0.2, 0.25) is 0 Å². The Balaban J connectivity index is 1.91. The Kier molecular flexibility index (Phi) is 4.82. The summed E-state index contributed by atoms with van der Waals surface area (Å²) in [6.45, 7) is 3.90. The third-order valence-electron chi connectivity index (χ3n) is 3.14. The normalized spacial score (nSPS) is 17.2. The molecule has 20 heavy (non-hydrogen) atoms. The summed E-state index contributed by atoms with van der Waals surface area (Å²) in [5.41, 5.74) is -0.971. The monoisotopic (exact) mass is 292 g/mol. The van der Waals surface area contributed by atoms with Crippen LogP contribution in [-0.2, 0) is 10.9 Å². The molecule has 0 aromatic heterocycles. The van der Waals surface area contributed by atoms with Crippen molar-refractivity contribution >= 4 is 5.69 Å². The molecule has 7 heteroatoms. The van der Waals surface area contributed by atoms with Gasteiger partial charge in [-0.1, -0.05) is 0 Å². The maximum absolute atomic E-state index is 13.5. The van der Waals surface area contributed by atoms with Gasteiger partial charge in [-0.2, -0.15) is 13.2 Å². The zero-order valence-corrected chi connectivity index (χ0v) is 10.8. The largest absolute Gasteiger partial charge is 0.416 e. The van der Waals surface area contributed by atoms with E-state index in [2.05, 4.69) is 10.2 Å². The number of hydrogen-bond donors (Lipinski definition) is 1. The highest BCUT2D eigenvalue weighted by molar-refractivity contribution is 5.48. The van der Waals surface area contributed by atoms with Crippen LogP contribution in [-0.4, -0.2) is 44.3 Å². The molecule has 112 valence electrons. The SMILES string of the molecule is Fc1ccc(C(F)(F)F)cc1NCCN1CCOCC1. The number of anilines is 1. The summed E-state index contributed by atoms with van der Waals surface area (Å²) in [5, 5.41) is 2.72. The zero-order chi connectivity index (χ0) is 14.6. The van der Waals surface area contributed by atoms with E-state index in [1.807, 2.05) is 0 Å². The highest BCUT2D eigenvalue weighted by Gasteiger charge is 2.31. The number of alkyl halides is 3. The van der Waals surface area contributed by atoms with E-state index in [9.17, 15) is 17.6 Å². The molecular formula is C13H16F4N2O. The maximum Gasteiger partial charge on any atom is 0.416 e. The molecule has 1 fully saturated rings. The lowest BCUT2D eigenvalue weighted by Gasteiger charge is -2.26. The maximum atomic E-state index is 13.5. The van der Waals surface area contributed by atoms with Gasteiger partial charge in [0.15, 0.2) is 0 Å². The second-order valence-corrected chi connectivity index (χ2v) is 4.57. The molecular weight excluding hydrogens is 276 g/mol. The smallest absolute Gasteiger partial charge is 0.381 e. The van der Waals surface area contributed by atoms with Gasteiger partial charge in [-0.15, -0.1) is 0 Å². The van der Waals surface area contributed by atoms with E-state index in [4.69, 9.17) is 4.74 Å². The van der Waals surface area contributed by atoms with Gasteiger partial charge in [-0.05, 0) is 18.2 Å². The van der Waals surface area contributed by atoms with Crippen molar-refractivity contribution in [2.24, 2.45) is 0 Å². The van der Waals surface area contributed by atoms with Crippen molar-refractivity contribution in [2.45, 2.75) is 6.18 Å². The fourth-order valence-electron chi connectivity index (χ4n) is 2.01. The highest BCUT2D eigenvalue weighted by atomic mass is 19.4. The lowest BCUT2D eigenvalue weighted by atomic mass is 10.2. The highest BCUT2D eigenvalue weighted by Crippen LogP contribution is 2.31. The van der Waals surface area contributed by atoms with Crippen molar-refractivity contribution in [3.8, 4) is 0 Å². The van der Waals surface area contributed by atoms with Crippen LogP contribution in [0.25, 0.3) is 0 Å². The van der Waals surface area contributed by atoms with Crippen molar-refractivity contribution in [1.29, 1.82) is 0 Å². The zero-order valence-electron chi connectivity index (χ0n) is 10.8. The molecule has 3 nitrogen and oxygen atoms in total. The van der Waals surface area contributed by atoms with Gasteiger partial charge in [0.2, 0.25) is 0 Å². The van der Waals surface area contributed by atoms with Gasteiger partial charge < -0.3 is 10.1 Å². The van der Waals surface area contributed by atoms with Crippen LogP contribution < -0.4 is 5.32 Å².